The van der Waals surface area contributed by atoms with Gasteiger partial charge in [0.15, 0.2) is 5.76 Å². The van der Waals surface area contributed by atoms with E-state index in [9.17, 15) is 14.9 Å². The molecular weight excluding hydrogens is 427 g/mol. The average molecular weight is 449 g/mol. The molecule has 1 aromatic heterocycles. The van der Waals surface area contributed by atoms with Crippen molar-refractivity contribution in [3.63, 3.8) is 0 Å². The largest absolute Gasteiger partial charge is 0.458 e. The molecule has 0 atom stereocenters. The first kappa shape index (κ1) is 22.9. The van der Waals surface area contributed by atoms with Gasteiger partial charge in [-0.15, -0.1) is 11.8 Å². The molecule has 162 valence electrons. The number of halogens is 1. The van der Waals surface area contributed by atoms with E-state index in [1.54, 1.807) is 30.4 Å². The molecule has 6 nitrogen and oxygen atoms in total. The molecule has 1 aromatic carbocycles. The monoisotopic (exact) mass is 448 g/mol. The van der Waals surface area contributed by atoms with Crippen LogP contribution in [0.25, 0.3) is 5.57 Å². The van der Waals surface area contributed by atoms with Gasteiger partial charge in [-0.1, -0.05) is 44.2 Å². The molecule has 1 aliphatic carbocycles. The Kier molecular flexibility index (Phi) is 7.54. The lowest BCUT2D eigenvalue weighted by Gasteiger charge is -2.14. The van der Waals surface area contributed by atoms with Crippen molar-refractivity contribution in [3.05, 3.63) is 82.1 Å². The summed E-state index contributed by atoms with van der Waals surface area (Å²) < 4.78 is 24.8. The van der Waals surface area contributed by atoms with Gasteiger partial charge in [0, 0.05) is 17.7 Å². The van der Waals surface area contributed by atoms with E-state index in [2.05, 4.69) is 17.1 Å². The number of nitrogens with two attached hydrogens (primary N) is 1. The number of ether oxygens (including phenoxy) is 2. The summed E-state index contributed by atoms with van der Waals surface area (Å²) in [5.41, 5.74) is 7.94. The number of nitriles is 2. The van der Waals surface area contributed by atoms with Crippen molar-refractivity contribution in [2.24, 2.45) is 0 Å². The van der Waals surface area contributed by atoms with Gasteiger partial charge in [-0.2, -0.15) is 10.5 Å². The highest BCUT2D eigenvalue weighted by atomic mass is 32.2. The molecule has 2 aliphatic rings. The van der Waals surface area contributed by atoms with Crippen LogP contribution in [-0.2, 0) is 15.2 Å². The number of thioether (sulfide) groups is 1. The highest BCUT2D eigenvalue weighted by molar-refractivity contribution is 7.98. The van der Waals surface area contributed by atoms with E-state index in [1.807, 2.05) is 19.9 Å². The normalized spacial score (nSPS) is 14.0. The molecule has 32 heavy (non-hydrogen) atoms. The lowest BCUT2D eigenvalue weighted by Crippen LogP contribution is -2.05. The van der Waals surface area contributed by atoms with Gasteiger partial charge in [0.1, 0.15) is 40.1 Å². The quantitative estimate of drug-likeness (QED) is 0.622. The minimum absolute atomic E-state index is 0.0223. The van der Waals surface area contributed by atoms with Crippen molar-refractivity contribution in [2.75, 3.05) is 12.5 Å². The number of nitrogen functional groups attached to an aromatic ring is 1. The zero-order chi connectivity index (χ0) is 23.1. The molecule has 0 saturated heterocycles. The summed E-state index contributed by atoms with van der Waals surface area (Å²) in [5, 5.41) is 19.9. The zero-order valence-electron chi connectivity index (χ0n) is 17.7. The highest BCUT2D eigenvalue weighted by Crippen LogP contribution is 2.37. The lowest BCUT2D eigenvalue weighted by molar-refractivity contribution is 0.0732. The Morgan fingerprint density at radius 3 is 2.59 bits per heavy atom. The zero-order valence-corrected chi connectivity index (χ0v) is 18.5. The SMILES string of the molecule is CC.N#Cc1c(N)nc(SCc2ccccc2F)c(C#N)c1C1=CCC2=C(C=C1)OCO2. The second-order valence-electron chi connectivity index (χ2n) is 6.42. The first-order chi connectivity index (χ1) is 15.6. The minimum Gasteiger partial charge on any atom is -0.458 e. The van der Waals surface area contributed by atoms with Gasteiger partial charge in [-0.05, 0) is 23.3 Å². The number of anilines is 1. The van der Waals surface area contributed by atoms with Crippen LogP contribution in [0.3, 0.4) is 0 Å². The Hall–Kier alpha value is -3.75. The summed E-state index contributed by atoms with van der Waals surface area (Å²) in [6, 6.07) is 10.6. The highest BCUT2D eigenvalue weighted by Gasteiger charge is 2.24. The van der Waals surface area contributed by atoms with Crippen molar-refractivity contribution in [2.45, 2.75) is 31.0 Å². The van der Waals surface area contributed by atoms with E-state index in [-0.39, 0.29) is 35.3 Å². The fourth-order valence-corrected chi connectivity index (χ4v) is 4.17. The molecule has 4 rings (SSSR count). The number of hydrogen-bond acceptors (Lipinski definition) is 7. The van der Waals surface area contributed by atoms with Crippen LogP contribution >= 0.6 is 11.8 Å². The number of allylic oxidation sites excluding steroid dienone is 4. The van der Waals surface area contributed by atoms with Gasteiger partial charge in [-0.25, -0.2) is 9.37 Å². The van der Waals surface area contributed by atoms with E-state index in [0.29, 0.717) is 39.7 Å². The van der Waals surface area contributed by atoms with E-state index in [1.165, 1.54) is 17.8 Å². The first-order valence-electron chi connectivity index (χ1n) is 9.99. The molecular formula is C24H21FN4O2S. The van der Waals surface area contributed by atoms with Gasteiger partial charge in [0.2, 0.25) is 6.79 Å². The van der Waals surface area contributed by atoms with Crippen molar-refractivity contribution >= 4 is 23.2 Å². The molecule has 0 saturated carbocycles. The van der Waals surface area contributed by atoms with E-state index >= 15 is 0 Å². The molecule has 2 aromatic rings. The predicted octanol–water partition coefficient (Wildman–Crippen LogP) is 5.42. The third kappa shape index (κ3) is 4.61. The maximum atomic E-state index is 14.0. The summed E-state index contributed by atoms with van der Waals surface area (Å²) >= 11 is 1.20. The summed E-state index contributed by atoms with van der Waals surface area (Å²) in [6.07, 6.45) is 5.81. The maximum Gasteiger partial charge on any atom is 0.230 e. The summed E-state index contributed by atoms with van der Waals surface area (Å²) in [5.74, 6) is 1.27. The molecule has 0 radical (unpaired) electrons. The van der Waals surface area contributed by atoms with Crippen molar-refractivity contribution in [1.29, 1.82) is 10.5 Å². The van der Waals surface area contributed by atoms with Crippen LogP contribution in [0.5, 0.6) is 0 Å². The molecule has 0 bridgehead atoms. The van der Waals surface area contributed by atoms with E-state index in [0.717, 1.165) is 0 Å². The third-order valence-corrected chi connectivity index (χ3v) is 5.69. The van der Waals surface area contributed by atoms with Gasteiger partial charge in [0.05, 0.1) is 5.56 Å². The van der Waals surface area contributed by atoms with Crippen molar-refractivity contribution in [3.8, 4) is 12.1 Å². The molecule has 0 unspecified atom stereocenters. The Morgan fingerprint density at radius 1 is 1.12 bits per heavy atom. The van der Waals surface area contributed by atoms with Crippen LogP contribution in [0.1, 0.15) is 42.5 Å². The third-order valence-electron chi connectivity index (χ3n) is 4.67. The van der Waals surface area contributed by atoms with Gasteiger partial charge < -0.3 is 15.2 Å². The molecule has 2 N–H and O–H groups in total. The van der Waals surface area contributed by atoms with Crippen LogP contribution in [0.4, 0.5) is 10.2 Å². The van der Waals surface area contributed by atoms with Gasteiger partial charge in [0.25, 0.3) is 0 Å². The molecule has 1 aliphatic heterocycles. The standard InChI is InChI=1S/C22H15FN4O2S.C2H6/c23-17-4-2-1-3-14(17)11-30-22-16(10-25)20(15(9-24)21(26)27-22)13-5-7-18-19(8-6-13)29-12-28-18;1-2/h1-7H,8,11-12H2,(H2,26,27);1-2H3. The van der Waals surface area contributed by atoms with Crippen LogP contribution in [0, 0.1) is 28.5 Å². The number of pyridine rings is 1. The summed E-state index contributed by atoms with van der Waals surface area (Å²) in [6.45, 7) is 4.17. The van der Waals surface area contributed by atoms with Crippen LogP contribution in [0.2, 0.25) is 0 Å². The second kappa shape index (κ2) is 10.5. The minimum atomic E-state index is -0.333. The Balaban J connectivity index is 0.00000141. The summed E-state index contributed by atoms with van der Waals surface area (Å²) in [7, 11) is 0. The fourth-order valence-electron chi connectivity index (χ4n) is 3.19. The first-order valence-corrected chi connectivity index (χ1v) is 11.0. The number of aromatic nitrogens is 1. The Bertz CT molecular complexity index is 1210. The smallest absolute Gasteiger partial charge is 0.230 e. The van der Waals surface area contributed by atoms with Gasteiger partial charge in [-0.3, -0.25) is 0 Å². The number of benzene rings is 1. The Morgan fingerprint density at radius 2 is 1.88 bits per heavy atom. The topological polar surface area (TPSA) is 105 Å². The van der Waals surface area contributed by atoms with Gasteiger partial charge >= 0.3 is 0 Å². The molecule has 8 heteroatoms. The molecule has 0 amide bonds. The number of nitrogens with zero attached hydrogens (tertiary/aromatic N) is 3. The maximum absolute atomic E-state index is 14.0. The molecule has 2 heterocycles. The van der Waals surface area contributed by atoms with E-state index in [4.69, 9.17) is 15.2 Å². The number of hydrogen-bond donors (Lipinski definition) is 1. The molecule has 0 fully saturated rings. The van der Waals surface area contributed by atoms with Crippen LogP contribution < -0.4 is 5.73 Å². The number of rotatable bonds is 4. The van der Waals surface area contributed by atoms with E-state index < -0.39 is 0 Å². The average Bonchev–Trinajstić information content (AvgIpc) is 3.18. The van der Waals surface area contributed by atoms with Crippen LogP contribution in [0.15, 0.2) is 59.0 Å². The second-order valence-corrected chi connectivity index (χ2v) is 7.39. The molecule has 0 spiro atoms. The lowest BCUT2D eigenvalue weighted by atomic mass is 9.96. The van der Waals surface area contributed by atoms with Crippen molar-refractivity contribution in [1.82, 2.24) is 4.98 Å². The summed E-state index contributed by atoms with van der Waals surface area (Å²) in [4.78, 5) is 4.26. The van der Waals surface area contributed by atoms with Crippen LogP contribution in [-0.4, -0.2) is 11.8 Å². The van der Waals surface area contributed by atoms with Crippen molar-refractivity contribution < 1.29 is 13.9 Å². The Labute approximate surface area is 190 Å². The predicted molar refractivity (Wildman–Crippen MR) is 121 cm³/mol. The fraction of sp³-hybridized carbons (Fsp3) is 0.208.